The predicted molar refractivity (Wildman–Crippen MR) is 69.7 cm³/mol. The lowest BCUT2D eigenvalue weighted by atomic mass is 10.1. The van der Waals surface area contributed by atoms with Crippen LogP contribution in [0.5, 0.6) is 5.75 Å². The Kier molecular flexibility index (Phi) is 2.73. The molecule has 1 saturated carbocycles. The van der Waals surface area contributed by atoms with Gasteiger partial charge in [0.1, 0.15) is 5.75 Å². The Morgan fingerprint density at radius 3 is 3.00 bits per heavy atom. The maximum absolute atomic E-state index is 6.26. The lowest BCUT2D eigenvalue weighted by Gasteiger charge is -2.05. The molecule has 1 heterocycles. The standard InChI is InChI=1S/C13H15ClN2O/c1-17-11-5-4-10(14)12-8(7-16-13(11)12)6-15-9-2-3-9/h4-5,7,9,15-16H,2-3,6H2,1H3. The Morgan fingerprint density at radius 1 is 1.47 bits per heavy atom. The summed E-state index contributed by atoms with van der Waals surface area (Å²) in [5, 5.41) is 5.34. The minimum Gasteiger partial charge on any atom is -0.495 e. The summed E-state index contributed by atoms with van der Waals surface area (Å²) in [7, 11) is 1.67. The average molecular weight is 251 g/mol. The van der Waals surface area contributed by atoms with Crippen molar-refractivity contribution in [3.05, 3.63) is 28.9 Å². The van der Waals surface area contributed by atoms with E-state index < -0.39 is 0 Å². The van der Waals surface area contributed by atoms with Gasteiger partial charge in [-0.25, -0.2) is 0 Å². The number of ether oxygens (including phenoxy) is 1. The van der Waals surface area contributed by atoms with Crippen LogP contribution in [0.25, 0.3) is 10.9 Å². The third kappa shape index (κ3) is 2.01. The second-order valence-electron chi connectivity index (χ2n) is 4.47. The molecule has 0 spiro atoms. The number of fused-ring (bicyclic) bond motifs is 1. The Bertz CT molecular complexity index is 546. The van der Waals surface area contributed by atoms with Crippen molar-refractivity contribution in [2.75, 3.05) is 7.11 Å². The van der Waals surface area contributed by atoms with Gasteiger partial charge in [0.15, 0.2) is 0 Å². The normalized spacial score (nSPS) is 15.4. The van der Waals surface area contributed by atoms with Gasteiger partial charge in [-0.2, -0.15) is 0 Å². The van der Waals surface area contributed by atoms with Crippen LogP contribution >= 0.6 is 11.6 Å². The Labute approximate surface area is 105 Å². The van der Waals surface area contributed by atoms with Crippen LogP contribution in [0.15, 0.2) is 18.3 Å². The molecule has 0 aliphatic heterocycles. The molecule has 1 fully saturated rings. The fourth-order valence-electron chi connectivity index (χ4n) is 2.10. The van der Waals surface area contributed by atoms with Gasteiger partial charge in [0.25, 0.3) is 0 Å². The van der Waals surface area contributed by atoms with E-state index in [1.54, 1.807) is 7.11 Å². The number of benzene rings is 1. The highest BCUT2D eigenvalue weighted by atomic mass is 35.5. The van der Waals surface area contributed by atoms with Crippen molar-refractivity contribution in [2.24, 2.45) is 0 Å². The van der Waals surface area contributed by atoms with Gasteiger partial charge in [0, 0.05) is 24.2 Å². The third-order valence-corrected chi connectivity index (χ3v) is 3.52. The van der Waals surface area contributed by atoms with Gasteiger partial charge in [-0.05, 0) is 30.5 Å². The summed E-state index contributed by atoms with van der Waals surface area (Å²) in [6.45, 7) is 0.859. The monoisotopic (exact) mass is 250 g/mol. The van der Waals surface area contributed by atoms with Crippen molar-refractivity contribution in [1.82, 2.24) is 10.3 Å². The molecule has 3 rings (SSSR count). The number of aromatic amines is 1. The molecule has 1 aliphatic rings. The topological polar surface area (TPSA) is 37.0 Å². The minimum atomic E-state index is 0.698. The zero-order valence-corrected chi connectivity index (χ0v) is 10.5. The molecule has 0 saturated heterocycles. The molecule has 0 unspecified atom stereocenters. The molecule has 17 heavy (non-hydrogen) atoms. The first-order valence-electron chi connectivity index (χ1n) is 5.85. The minimum absolute atomic E-state index is 0.698. The first-order valence-corrected chi connectivity index (χ1v) is 6.23. The van der Waals surface area contributed by atoms with E-state index in [-0.39, 0.29) is 0 Å². The van der Waals surface area contributed by atoms with Gasteiger partial charge >= 0.3 is 0 Å². The molecule has 2 N–H and O–H groups in total. The maximum Gasteiger partial charge on any atom is 0.143 e. The fourth-order valence-corrected chi connectivity index (χ4v) is 2.38. The first-order chi connectivity index (χ1) is 8.29. The molecule has 0 bridgehead atoms. The van der Waals surface area contributed by atoms with Gasteiger partial charge in [0.05, 0.1) is 17.6 Å². The first kappa shape index (κ1) is 10.9. The summed E-state index contributed by atoms with van der Waals surface area (Å²) < 4.78 is 5.32. The van der Waals surface area contributed by atoms with E-state index in [1.165, 1.54) is 18.4 Å². The molecule has 3 nitrogen and oxygen atoms in total. The van der Waals surface area contributed by atoms with Gasteiger partial charge in [-0.1, -0.05) is 11.6 Å². The van der Waals surface area contributed by atoms with E-state index >= 15 is 0 Å². The van der Waals surface area contributed by atoms with E-state index in [1.807, 2.05) is 18.3 Å². The van der Waals surface area contributed by atoms with E-state index in [0.29, 0.717) is 6.04 Å². The molecular formula is C13H15ClN2O. The highest BCUT2D eigenvalue weighted by molar-refractivity contribution is 6.36. The number of hydrogen-bond acceptors (Lipinski definition) is 2. The molecular weight excluding hydrogens is 236 g/mol. The molecule has 0 radical (unpaired) electrons. The highest BCUT2D eigenvalue weighted by Crippen LogP contribution is 2.33. The van der Waals surface area contributed by atoms with Crippen LogP contribution in [-0.2, 0) is 6.54 Å². The van der Waals surface area contributed by atoms with Crippen molar-refractivity contribution in [3.63, 3.8) is 0 Å². The third-order valence-electron chi connectivity index (χ3n) is 3.21. The largest absolute Gasteiger partial charge is 0.495 e. The zero-order valence-electron chi connectivity index (χ0n) is 9.72. The van der Waals surface area contributed by atoms with Crippen LogP contribution in [-0.4, -0.2) is 18.1 Å². The number of hydrogen-bond donors (Lipinski definition) is 2. The summed E-state index contributed by atoms with van der Waals surface area (Å²) in [5.41, 5.74) is 2.18. The summed E-state index contributed by atoms with van der Waals surface area (Å²) in [5.74, 6) is 0.835. The second-order valence-corrected chi connectivity index (χ2v) is 4.88. The number of aromatic nitrogens is 1. The van der Waals surface area contributed by atoms with Crippen molar-refractivity contribution in [1.29, 1.82) is 0 Å². The SMILES string of the molecule is COc1ccc(Cl)c2c(CNC3CC3)c[nH]c12. The van der Waals surface area contributed by atoms with E-state index in [4.69, 9.17) is 16.3 Å². The van der Waals surface area contributed by atoms with Crippen molar-refractivity contribution >= 4 is 22.5 Å². The number of nitrogens with one attached hydrogen (secondary N) is 2. The Balaban J connectivity index is 2.00. The van der Waals surface area contributed by atoms with Gasteiger partial charge in [-0.3, -0.25) is 0 Å². The maximum atomic E-state index is 6.26. The lowest BCUT2D eigenvalue weighted by Crippen LogP contribution is -2.14. The molecule has 90 valence electrons. The van der Waals surface area contributed by atoms with Gasteiger partial charge in [-0.15, -0.1) is 0 Å². The quantitative estimate of drug-likeness (QED) is 0.875. The van der Waals surface area contributed by atoms with Crippen LogP contribution in [0.1, 0.15) is 18.4 Å². The predicted octanol–water partition coefficient (Wildman–Crippen LogP) is 3.08. The zero-order chi connectivity index (χ0) is 11.8. The van der Waals surface area contributed by atoms with Crippen molar-refractivity contribution < 1.29 is 4.74 Å². The van der Waals surface area contributed by atoms with Crippen LogP contribution in [0.3, 0.4) is 0 Å². The molecule has 1 aliphatic carbocycles. The summed E-state index contributed by atoms with van der Waals surface area (Å²) in [4.78, 5) is 3.24. The molecule has 1 aromatic carbocycles. The average Bonchev–Trinajstić information content (AvgIpc) is 3.07. The van der Waals surface area contributed by atoms with Gasteiger partial charge in [0.2, 0.25) is 0 Å². The summed E-state index contributed by atoms with van der Waals surface area (Å²) in [6.07, 6.45) is 4.59. The molecule has 4 heteroatoms. The Morgan fingerprint density at radius 2 is 2.29 bits per heavy atom. The molecule has 1 aromatic heterocycles. The van der Waals surface area contributed by atoms with Crippen LogP contribution in [0, 0.1) is 0 Å². The Hall–Kier alpha value is -1.19. The van der Waals surface area contributed by atoms with E-state index in [0.717, 1.165) is 28.2 Å². The lowest BCUT2D eigenvalue weighted by molar-refractivity contribution is 0.419. The summed E-state index contributed by atoms with van der Waals surface area (Å²) in [6, 6.07) is 4.47. The second kappa shape index (κ2) is 4.24. The molecule has 2 aromatic rings. The number of rotatable bonds is 4. The summed E-state index contributed by atoms with van der Waals surface area (Å²) >= 11 is 6.26. The van der Waals surface area contributed by atoms with Crippen LogP contribution < -0.4 is 10.1 Å². The number of methoxy groups -OCH3 is 1. The van der Waals surface area contributed by atoms with Crippen LogP contribution in [0.4, 0.5) is 0 Å². The molecule has 0 atom stereocenters. The number of H-pyrrole nitrogens is 1. The smallest absolute Gasteiger partial charge is 0.143 e. The van der Waals surface area contributed by atoms with Crippen molar-refractivity contribution in [2.45, 2.75) is 25.4 Å². The van der Waals surface area contributed by atoms with E-state index in [2.05, 4.69) is 10.3 Å². The highest BCUT2D eigenvalue weighted by Gasteiger charge is 2.21. The van der Waals surface area contributed by atoms with Gasteiger partial charge < -0.3 is 15.0 Å². The number of halogens is 1. The van der Waals surface area contributed by atoms with E-state index in [9.17, 15) is 0 Å². The molecule has 0 amide bonds. The van der Waals surface area contributed by atoms with Crippen LogP contribution in [0.2, 0.25) is 5.02 Å². The fraction of sp³-hybridized carbons (Fsp3) is 0.385. The van der Waals surface area contributed by atoms with Crippen molar-refractivity contribution in [3.8, 4) is 5.75 Å².